The van der Waals surface area contributed by atoms with Gasteiger partial charge in [0.1, 0.15) is 12.5 Å². The summed E-state index contributed by atoms with van der Waals surface area (Å²) < 4.78 is 16.1. The van der Waals surface area contributed by atoms with Crippen LogP contribution in [0.1, 0.15) is 69.4 Å². The van der Waals surface area contributed by atoms with Crippen molar-refractivity contribution in [3.63, 3.8) is 0 Å². The van der Waals surface area contributed by atoms with Crippen molar-refractivity contribution in [2.75, 3.05) is 32.3 Å². The van der Waals surface area contributed by atoms with Gasteiger partial charge in [-0.2, -0.15) is 0 Å². The number of hydroxylamine groups is 2. The van der Waals surface area contributed by atoms with Crippen LogP contribution >= 0.6 is 21.6 Å². The minimum atomic E-state index is -1.06. The molecule has 0 radical (unpaired) electrons. The number of hydrogen-bond acceptors (Lipinski definition) is 10. The first-order valence-corrected chi connectivity index (χ1v) is 16.7. The number of unbranched alkanes of at least 4 members (excludes halogenated alkanes) is 2. The first-order chi connectivity index (χ1) is 20.7. The number of fused-ring (bicyclic) bond motifs is 3. The summed E-state index contributed by atoms with van der Waals surface area (Å²) in [6.07, 6.45) is 1.82. The SMILES string of the molecule is CC(C)(CCOC(=O)ON1C(=O)CCC1=O)SSCOCCCCCNC(=O)OCC1c2ccccc2-c2ccccc21. The van der Waals surface area contributed by atoms with Crippen LogP contribution in [0.2, 0.25) is 0 Å². The van der Waals surface area contributed by atoms with E-state index in [1.807, 2.05) is 38.1 Å². The zero-order valence-corrected chi connectivity index (χ0v) is 26.1. The Labute approximate surface area is 259 Å². The Hall–Kier alpha value is -3.22. The van der Waals surface area contributed by atoms with E-state index in [2.05, 4.69) is 34.4 Å². The quantitative estimate of drug-likeness (QED) is 0.0730. The van der Waals surface area contributed by atoms with Crippen LogP contribution in [0.4, 0.5) is 9.59 Å². The van der Waals surface area contributed by atoms with Gasteiger partial charge in [0.15, 0.2) is 0 Å². The summed E-state index contributed by atoms with van der Waals surface area (Å²) in [4.78, 5) is 51.7. The molecule has 2 aromatic rings. The van der Waals surface area contributed by atoms with Crippen LogP contribution < -0.4 is 5.32 Å². The summed E-state index contributed by atoms with van der Waals surface area (Å²) in [6, 6.07) is 16.5. The van der Waals surface area contributed by atoms with Crippen molar-refractivity contribution < 1.29 is 38.2 Å². The summed E-state index contributed by atoms with van der Waals surface area (Å²) in [5.74, 6) is -0.512. The maximum atomic E-state index is 12.3. The molecular weight excluding hydrogens is 592 g/mol. The molecule has 0 saturated carbocycles. The van der Waals surface area contributed by atoms with Gasteiger partial charge in [-0.25, -0.2) is 9.59 Å². The second kappa shape index (κ2) is 16.0. The third kappa shape index (κ3) is 9.64. The van der Waals surface area contributed by atoms with E-state index in [1.165, 1.54) is 22.3 Å². The minimum Gasteiger partial charge on any atom is -0.449 e. The number of imide groups is 1. The zero-order valence-electron chi connectivity index (χ0n) is 24.5. The van der Waals surface area contributed by atoms with Gasteiger partial charge in [0.05, 0.1) is 6.61 Å². The van der Waals surface area contributed by atoms with Gasteiger partial charge in [-0.15, -0.1) is 0 Å². The smallest absolute Gasteiger partial charge is 0.449 e. The van der Waals surface area contributed by atoms with Crippen molar-refractivity contribution in [3.05, 3.63) is 59.7 Å². The van der Waals surface area contributed by atoms with Crippen molar-refractivity contribution in [2.24, 2.45) is 0 Å². The van der Waals surface area contributed by atoms with Crippen molar-refractivity contribution in [1.29, 1.82) is 0 Å². The van der Waals surface area contributed by atoms with Gasteiger partial charge < -0.3 is 19.5 Å². The fraction of sp³-hybridized carbons (Fsp3) is 0.484. The Bertz CT molecular complexity index is 1230. The van der Waals surface area contributed by atoms with E-state index in [9.17, 15) is 19.2 Å². The minimum absolute atomic E-state index is 0.0376. The number of nitrogens with zero attached hydrogens (tertiary/aromatic N) is 1. The molecular formula is C31H38N2O8S2. The summed E-state index contributed by atoms with van der Waals surface area (Å²) in [6.45, 7) is 5.63. The van der Waals surface area contributed by atoms with Gasteiger partial charge in [0.25, 0.3) is 11.8 Å². The van der Waals surface area contributed by atoms with E-state index in [4.69, 9.17) is 14.2 Å². The molecule has 2 aromatic carbocycles. The molecule has 232 valence electrons. The van der Waals surface area contributed by atoms with Crippen LogP contribution in [-0.2, 0) is 28.6 Å². The lowest BCUT2D eigenvalue weighted by atomic mass is 9.98. The molecule has 1 aliphatic carbocycles. The normalized spacial score (nSPS) is 14.4. The number of rotatable bonds is 16. The molecule has 0 bridgehead atoms. The molecule has 1 aliphatic heterocycles. The Kier molecular flexibility index (Phi) is 12.2. The zero-order chi connectivity index (χ0) is 30.7. The molecule has 12 heteroatoms. The highest BCUT2D eigenvalue weighted by Crippen LogP contribution is 2.44. The topological polar surface area (TPSA) is 120 Å². The Balaban J connectivity index is 0.981. The van der Waals surface area contributed by atoms with Crippen LogP contribution in [0, 0.1) is 0 Å². The van der Waals surface area contributed by atoms with Gasteiger partial charge in [0.2, 0.25) is 0 Å². The highest BCUT2D eigenvalue weighted by molar-refractivity contribution is 8.77. The third-order valence-electron chi connectivity index (χ3n) is 7.09. The Morgan fingerprint density at radius 1 is 0.907 bits per heavy atom. The highest BCUT2D eigenvalue weighted by atomic mass is 33.1. The number of alkyl carbamates (subject to hydrolysis) is 1. The van der Waals surface area contributed by atoms with E-state index in [1.54, 1.807) is 21.6 Å². The summed E-state index contributed by atoms with van der Waals surface area (Å²) in [7, 11) is 3.20. The second-order valence-corrected chi connectivity index (χ2v) is 13.8. The molecule has 4 rings (SSSR count). The molecule has 0 spiro atoms. The first-order valence-electron chi connectivity index (χ1n) is 14.4. The van der Waals surface area contributed by atoms with Crippen molar-refractivity contribution >= 4 is 45.7 Å². The maximum Gasteiger partial charge on any atom is 0.533 e. The predicted molar refractivity (Wildman–Crippen MR) is 165 cm³/mol. The molecule has 1 heterocycles. The summed E-state index contributed by atoms with van der Waals surface area (Å²) >= 11 is 0. The lowest BCUT2D eigenvalue weighted by Gasteiger charge is -2.22. The highest BCUT2D eigenvalue weighted by Gasteiger charge is 2.33. The van der Waals surface area contributed by atoms with E-state index in [0.29, 0.717) is 37.2 Å². The Morgan fingerprint density at radius 2 is 1.56 bits per heavy atom. The molecule has 0 aromatic heterocycles. The van der Waals surface area contributed by atoms with Crippen molar-refractivity contribution in [2.45, 2.75) is 63.0 Å². The molecule has 0 atom stereocenters. The van der Waals surface area contributed by atoms with Crippen molar-refractivity contribution in [1.82, 2.24) is 10.4 Å². The number of carbonyl (C=O) groups is 4. The third-order valence-corrected chi connectivity index (χ3v) is 10.1. The monoisotopic (exact) mass is 630 g/mol. The van der Waals surface area contributed by atoms with E-state index in [-0.39, 0.29) is 30.1 Å². The lowest BCUT2D eigenvalue weighted by molar-refractivity contribution is -0.177. The van der Waals surface area contributed by atoms with Gasteiger partial charge >= 0.3 is 12.2 Å². The lowest BCUT2D eigenvalue weighted by Crippen LogP contribution is -2.32. The number of carbonyl (C=O) groups excluding carboxylic acids is 4. The van der Waals surface area contributed by atoms with Crippen LogP contribution in [0.3, 0.4) is 0 Å². The molecule has 1 fully saturated rings. The fourth-order valence-corrected chi connectivity index (χ4v) is 7.08. The standard InChI is InChI=1S/C31H38N2O8S2/c1-31(2,16-19-39-30(37)41-33-27(34)14-15-28(33)35)43-42-21-38-18-9-3-8-17-32-29(36)40-20-26-24-12-6-4-10-22(24)23-11-5-7-13-25(23)26/h4-7,10-13,26H,3,8-9,14-21H2,1-2H3,(H,32,36). The summed E-state index contributed by atoms with van der Waals surface area (Å²) in [5, 5.41) is 3.32. The van der Waals surface area contributed by atoms with Gasteiger partial charge in [-0.1, -0.05) is 75.2 Å². The molecule has 1 saturated heterocycles. The molecule has 1 N–H and O–H groups in total. The largest absolute Gasteiger partial charge is 0.533 e. The fourth-order valence-electron chi connectivity index (χ4n) is 4.80. The molecule has 10 nitrogen and oxygen atoms in total. The average molecular weight is 631 g/mol. The van der Waals surface area contributed by atoms with E-state index >= 15 is 0 Å². The number of hydrogen-bond donors (Lipinski definition) is 1. The van der Waals surface area contributed by atoms with Gasteiger partial charge in [0, 0.05) is 36.7 Å². The van der Waals surface area contributed by atoms with Crippen LogP contribution in [0.15, 0.2) is 48.5 Å². The second-order valence-electron chi connectivity index (χ2n) is 10.8. The molecule has 2 aliphatic rings. The molecule has 3 amide bonds. The number of ether oxygens (including phenoxy) is 3. The maximum absolute atomic E-state index is 12.3. The van der Waals surface area contributed by atoms with E-state index in [0.717, 1.165) is 19.3 Å². The summed E-state index contributed by atoms with van der Waals surface area (Å²) in [5.41, 5.74) is 4.80. The number of nitrogens with one attached hydrogen (secondary N) is 1. The van der Waals surface area contributed by atoms with Gasteiger partial charge in [-0.05, 0) is 61.8 Å². The number of amides is 3. The molecule has 43 heavy (non-hydrogen) atoms. The van der Waals surface area contributed by atoms with E-state index < -0.39 is 24.1 Å². The van der Waals surface area contributed by atoms with Gasteiger partial charge in [-0.3, -0.25) is 14.4 Å². The first kappa shape index (κ1) is 32.7. The van der Waals surface area contributed by atoms with Crippen LogP contribution in [0.5, 0.6) is 0 Å². The van der Waals surface area contributed by atoms with Crippen molar-refractivity contribution in [3.8, 4) is 11.1 Å². The molecule has 0 unspecified atom stereocenters. The Morgan fingerprint density at radius 3 is 2.23 bits per heavy atom. The predicted octanol–water partition coefficient (Wildman–Crippen LogP) is 6.44. The van der Waals surface area contributed by atoms with Crippen LogP contribution in [-0.4, -0.2) is 66.2 Å². The van der Waals surface area contributed by atoms with Crippen LogP contribution in [0.25, 0.3) is 11.1 Å². The average Bonchev–Trinajstić information content (AvgIpc) is 3.48. The number of benzene rings is 2.